The second-order valence-corrected chi connectivity index (χ2v) is 4.10. The Kier molecular flexibility index (Phi) is 5.07. The first-order valence-electron chi connectivity index (χ1n) is 4.63. The Morgan fingerprint density at radius 2 is 1.87 bits per heavy atom. The van der Waals surface area contributed by atoms with Gasteiger partial charge in [0, 0.05) is 6.42 Å². The fourth-order valence-electron chi connectivity index (χ4n) is 0.786. The highest BCUT2D eigenvalue weighted by atomic mass is 16.6. The second-order valence-electron chi connectivity index (χ2n) is 4.10. The number of amides is 1. The highest BCUT2D eigenvalue weighted by Gasteiger charge is 2.20. The summed E-state index contributed by atoms with van der Waals surface area (Å²) in [6.45, 7) is 4.98. The SMILES string of the molecule is CC(C)(C)OC(=O)N(O)CCCC(=O)O. The van der Waals surface area contributed by atoms with Gasteiger partial charge in [-0.05, 0) is 27.2 Å². The summed E-state index contributed by atoms with van der Waals surface area (Å²) in [5.74, 6) is -0.965. The van der Waals surface area contributed by atoms with Gasteiger partial charge in [-0.25, -0.2) is 4.79 Å². The molecule has 0 saturated carbocycles. The molecule has 0 unspecified atom stereocenters. The lowest BCUT2D eigenvalue weighted by Crippen LogP contribution is -2.35. The monoisotopic (exact) mass is 219 g/mol. The Hall–Kier alpha value is -1.30. The number of carbonyl (C=O) groups is 2. The first-order valence-corrected chi connectivity index (χ1v) is 4.63. The number of carboxylic acid groups (broad SMARTS) is 1. The fourth-order valence-corrected chi connectivity index (χ4v) is 0.786. The molecule has 0 radical (unpaired) electrons. The molecular formula is C9H17NO5. The van der Waals surface area contributed by atoms with Gasteiger partial charge in [-0.3, -0.25) is 10.0 Å². The van der Waals surface area contributed by atoms with Crippen LogP contribution < -0.4 is 0 Å². The molecule has 88 valence electrons. The van der Waals surface area contributed by atoms with Gasteiger partial charge in [-0.2, -0.15) is 5.06 Å². The quantitative estimate of drug-likeness (QED) is 0.552. The van der Waals surface area contributed by atoms with Crippen molar-refractivity contribution in [2.75, 3.05) is 6.54 Å². The number of nitrogens with zero attached hydrogens (tertiary/aromatic N) is 1. The van der Waals surface area contributed by atoms with Gasteiger partial charge in [-0.15, -0.1) is 0 Å². The van der Waals surface area contributed by atoms with E-state index in [1.807, 2.05) is 0 Å². The fraction of sp³-hybridized carbons (Fsp3) is 0.778. The van der Waals surface area contributed by atoms with Gasteiger partial charge >= 0.3 is 12.1 Å². The maximum absolute atomic E-state index is 11.1. The molecule has 0 saturated heterocycles. The van der Waals surface area contributed by atoms with E-state index in [2.05, 4.69) is 0 Å². The summed E-state index contributed by atoms with van der Waals surface area (Å²) < 4.78 is 4.85. The number of aliphatic carboxylic acids is 1. The van der Waals surface area contributed by atoms with Crippen LogP contribution in [0.5, 0.6) is 0 Å². The molecule has 0 atom stereocenters. The summed E-state index contributed by atoms with van der Waals surface area (Å²) in [5.41, 5.74) is -0.676. The summed E-state index contributed by atoms with van der Waals surface area (Å²) in [7, 11) is 0. The van der Waals surface area contributed by atoms with E-state index in [-0.39, 0.29) is 19.4 Å². The maximum Gasteiger partial charge on any atom is 0.434 e. The Bertz CT molecular complexity index is 233. The van der Waals surface area contributed by atoms with Crippen molar-refractivity contribution in [1.82, 2.24) is 5.06 Å². The van der Waals surface area contributed by atoms with Gasteiger partial charge in [0.15, 0.2) is 0 Å². The van der Waals surface area contributed by atoms with E-state index in [0.717, 1.165) is 0 Å². The summed E-state index contributed by atoms with van der Waals surface area (Å²) in [5, 5.41) is 17.9. The van der Waals surface area contributed by atoms with Crippen LogP contribution in [0, 0.1) is 0 Å². The van der Waals surface area contributed by atoms with Crippen molar-refractivity contribution >= 4 is 12.1 Å². The zero-order valence-corrected chi connectivity index (χ0v) is 9.19. The number of carbonyl (C=O) groups excluding carboxylic acids is 1. The van der Waals surface area contributed by atoms with Gasteiger partial charge in [-0.1, -0.05) is 0 Å². The van der Waals surface area contributed by atoms with Gasteiger partial charge in [0.05, 0.1) is 6.54 Å². The smallest absolute Gasteiger partial charge is 0.434 e. The zero-order valence-electron chi connectivity index (χ0n) is 9.19. The van der Waals surface area contributed by atoms with E-state index < -0.39 is 17.7 Å². The van der Waals surface area contributed by atoms with Crippen molar-refractivity contribution in [3.63, 3.8) is 0 Å². The van der Waals surface area contributed by atoms with Crippen LogP contribution in [0.1, 0.15) is 33.6 Å². The lowest BCUT2D eigenvalue weighted by Gasteiger charge is -2.23. The number of ether oxygens (including phenoxy) is 1. The first kappa shape index (κ1) is 13.7. The number of hydroxylamine groups is 2. The minimum absolute atomic E-state index is 0.0544. The molecule has 6 nitrogen and oxygen atoms in total. The van der Waals surface area contributed by atoms with Crippen LogP contribution in [0.4, 0.5) is 4.79 Å². The topological polar surface area (TPSA) is 87.1 Å². The average Bonchev–Trinajstić information content (AvgIpc) is 1.99. The standard InChI is InChI=1S/C9H17NO5/c1-9(2,3)15-8(13)10(14)6-4-5-7(11)12/h14H,4-6H2,1-3H3,(H,11,12). The van der Waals surface area contributed by atoms with Crippen LogP contribution in [0.2, 0.25) is 0 Å². The van der Waals surface area contributed by atoms with Crippen molar-refractivity contribution in [1.29, 1.82) is 0 Å². The molecule has 0 aliphatic carbocycles. The number of hydrogen-bond donors (Lipinski definition) is 2. The van der Waals surface area contributed by atoms with E-state index in [4.69, 9.17) is 15.1 Å². The Morgan fingerprint density at radius 1 is 1.33 bits per heavy atom. The number of carboxylic acids is 1. The summed E-state index contributed by atoms with van der Waals surface area (Å²) in [6, 6.07) is 0. The summed E-state index contributed by atoms with van der Waals surface area (Å²) >= 11 is 0. The van der Waals surface area contributed by atoms with Crippen LogP contribution >= 0.6 is 0 Å². The molecule has 0 heterocycles. The largest absolute Gasteiger partial charge is 0.481 e. The molecule has 15 heavy (non-hydrogen) atoms. The Balaban J connectivity index is 3.85. The predicted octanol–water partition coefficient (Wildman–Crippen LogP) is 1.48. The third-order valence-electron chi connectivity index (χ3n) is 1.36. The van der Waals surface area contributed by atoms with Crippen molar-refractivity contribution in [2.45, 2.75) is 39.2 Å². The maximum atomic E-state index is 11.1. The summed E-state index contributed by atoms with van der Waals surface area (Å²) in [4.78, 5) is 21.3. The van der Waals surface area contributed by atoms with Crippen molar-refractivity contribution in [3.05, 3.63) is 0 Å². The minimum Gasteiger partial charge on any atom is -0.481 e. The molecular weight excluding hydrogens is 202 g/mol. The zero-order chi connectivity index (χ0) is 12.1. The predicted molar refractivity (Wildman–Crippen MR) is 51.6 cm³/mol. The average molecular weight is 219 g/mol. The van der Waals surface area contributed by atoms with Crippen molar-refractivity contribution in [2.24, 2.45) is 0 Å². The van der Waals surface area contributed by atoms with Crippen molar-refractivity contribution < 1.29 is 24.6 Å². The van der Waals surface area contributed by atoms with Crippen molar-refractivity contribution in [3.8, 4) is 0 Å². The van der Waals surface area contributed by atoms with E-state index in [1.165, 1.54) is 0 Å². The Labute approximate surface area is 88.4 Å². The lowest BCUT2D eigenvalue weighted by atomic mass is 10.2. The van der Waals surface area contributed by atoms with Gasteiger partial charge in [0.1, 0.15) is 5.60 Å². The van der Waals surface area contributed by atoms with Crippen LogP contribution in [-0.2, 0) is 9.53 Å². The third kappa shape index (κ3) is 7.75. The van der Waals surface area contributed by atoms with E-state index in [0.29, 0.717) is 5.06 Å². The van der Waals surface area contributed by atoms with Crippen LogP contribution in [0.25, 0.3) is 0 Å². The normalized spacial score (nSPS) is 10.9. The third-order valence-corrected chi connectivity index (χ3v) is 1.36. The molecule has 0 aliphatic rings. The molecule has 0 fully saturated rings. The molecule has 1 amide bonds. The molecule has 0 aromatic carbocycles. The molecule has 0 spiro atoms. The highest BCUT2D eigenvalue weighted by Crippen LogP contribution is 2.09. The molecule has 0 aromatic heterocycles. The number of rotatable bonds is 4. The molecule has 0 aliphatic heterocycles. The van der Waals surface area contributed by atoms with Gasteiger partial charge in [0.25, 0.3) is 0 Å². The molecule has 2 N–H and O–H groups in total. The second kappa shape index (κ2) is 5.55. The van der Waals surface area contributed by atoms with Gasteiger partial charge in [0.2, 0.25) is 0 Å². The molecule has 0 aromatic rings. The van der Waals surface area contributed by atoms with Crippen LogP contribution in [-0.4, -0.2) is 39.6 Å². The molecule has 0 rings (SSSR count). The molecule has 0 bridgehead atoms. The van der Waals surface area contributed by atoms with E-state index in [9.17, 15) is 9.59 Å². The number of hydrogen-bond acceptors (Lipinski definition) is 4. The Morgan fingerprint density at radius 3 is 2.27 bits per heavy atom. The lowest BCUT2D eigenvalue weighted by molar-refractivity contribution is -0.138. The van der Waals surface area contributed by atoms with Gasteiger partial charge < -0.3 is 9.84 Å². The first-order chi connectivity index (χ1) is 6.72. The van der Waals surface area contributed by atoms with E-state index >= 15 is 0 Å². The van der Waals surface area contributed by atoms with Crippen LogP contribution in [0.15, 0.2) is 0 Å². The molecule has 6 heteroatoms. The van der Waals surface area contributed by atoms with E-state index in [1.54, 1.807) is 20.8 Å². The summed E-state index contributed by atoms with van der Waals surface area (Å²) in [6.07, 6.45) is -0.779. The van der Waals surface area contributed by atoms with Crippen LogP contribution in [0.3, 0.4) is 0 Å². The minimum atomic E-state index is -0.965. The highest BCUT2D eigenvalue weighted by molar-refractivity contribution is 5.67.